The third-order valence-electron chi connectivity index (χ3n) is 2.95. The van der Waals surface area contributed by atoms with E-state index in [1.807, 2.05) is 18.2 Å². The van der Waals surface area contributed by atoms with Crippen LogP contribution in [-0.2, 0) is 0 Å². The summed E-state index contributed by atoms with van der Waals surface area (Å²) >= 11 is 0. The smallest absolute Gasteiger partial charge is 0.0649 e. The summed E-state index contributed by atoms with van der Waals surface area (Å²) in [5.74, 6) is 0. The number of hydrogen-bond acceptors (Lipinski definition) is 3. The second-order valence-electron chi connectivity index (χ2n) is 4.09. The normalized spacial score (nSPS) is 26.7. The SMILES string of the molecule is CC1CNCC(CO)N1c1ccccc1. The van der Waals surface area contributed by atoms with Crippen LogP contribution in [0, 0.1) is 0 Å². The van der Waals surface area contributed by atoms with Crippen LogP contribution in [0.3, 0.4) is 0 Å². The highest BCUT2D eigenvalue weighted by molar-refractivity contribution is 5.48. The molecule has 2 rings (SSSR count). The molecule has 1 aliphatic rings. The van der Waals surface area contributed by atoms with Gasteiger partial charge in [-0.15, -0.1) is 0 Å². The summed E-state index contributed by atoms with van der Waals surface area (Å²) in [5.41, 5.74) is 1.20. The maximum Gasteiger partial charge on any atom is 0.0649 e. The zero-order valence-electron chi connectivity index (χ0n) is 9.06. The number of aliphatic hydroxyl groups is 1. The number of para-hydroxylation sites is 1. The van der Waals surface area contributed by atoms with E-state index in [2.05, 4.69) is 29.3 Å². The fourth-order valence-electron chi connectivity index (χ4n) is 2.23. The largest absolute Gasteiger partial charge is 0.394 e. The first-order chi connectivity index (χ1) is 7.33. The third kappa shape index (κ3) is 2.13. The van der Waals surface area contributed by atoms with Crippen LogP contribution in [0.25, 0.3) is 0 Å². The minimum atomic E-state index is 0.191. The third-order valence-corrected chi connectivity index (χ3v) is 2.95. The number of anilines is 1. The molecule has 2 atom stereocenters. The zero-order valence-corrected chi connectivity index (χ0v) is 9.06. The molecular formula is C12H18N2O. The highest BCUT2D eigenvalue weighted by Crippen LogP contribution is 2.21. The van der Waals surface area contributed by atoms with Crippen LogP contribution in [-0.4, -0.2) is 36.9 Å². The molecule has 1 heterocycles. The Labute approximate surface area is 90.7 Å². The lowest BCUT2D eigenvalue weighted by atomic mass is 10.1. The van der Waals surface area contributed by atoms with Gasteiger partial charge in [-0.3, -0.25) is 0 Å². The molecule has 0 aliphatic carbocycles. The Bertz CT molecular complexity index is 302. The maximum atomic E-state index is 9.36. The van der Waals surface area contributed by atoms with Gasteiger partial charge in [0.1, 0.15) is 0 Å². The van der Waals surface area contributed by atoms with Crippen LogP contribution in [0.4, 0.5) is 5.69 Å². The van der Waals surface area contributed by atoms with E-state index in [0.717, 1.165) is 13.1 Å². The summed E-state index contributed by atoms with van der Waals surface area (Å²) in [5, 5.41) is 12.7. The number of aliphatic hydroxyl groups excluding tert-OH is 1. The Morgan fingerprint density at radius 2 is 2.07 bits per heavy atom. The quantitative estimate of drug-likeness (QED) is 0.753. The Morgan fingerprint density at radius 3 is 2.73 bits per heavy atom. The molecular weight excluding hydrogens is 188 g/mol. The predicted molar refractivity (Wildman–Crippen MR) is 62.1 cm³/mol. The number of piperazine rings is 1. The van der Waals surface area contributed by atoms with Gasteiger partial charge in [-0.2, -0.15) is 0 Å². The van der Waals surface area contributed by atoms with Gasteiger partial charge in [-0.1, -0.05) is 18.2 Å². The molecule has 0 saturated carbocycles. The maximum absolute atomic E-state index is 9.36. The van der Waals surface area contributed by atoms with Crippen LogP contribution in [0.2, 0.25) is 0 Å². The van der Waals surface area contributed by atoms with Crippen molar-refractivity contribution in [3.8, 4) is 0 Å². The molecule has 1 aromatic carbocycles. The molecule has 1 aliphatic heterocycles. The standard InChI is InChI=1S/C12H18N2O/c1-10-7-13-8-12(9-15)14(10)11-5-3-2-4-6-11/h2-6,10,12-13,15H,7-9H2,1H3. The Balaban J connectivity index is 2.23. The number of benzene rings is 1. The van der Waals surface area contributed by atoms with Gasteiger partial charge < -0.3 is 15.3 Å². The van der Waals surface area contributed by atoms with Gasteiger partial charge in [0.25, 0.3) is 0 Å². The van der Waals surface area contributed by atoms with Crippen molar-refractivity contribution in [2.45, 2.75) is 19.0 Å². The monoisotopic (exact) mass is 206 g/mol. The second-order valence-corrected chi connectivity index (χ2v) is 4.09. The number of rotatable bonds is 2. The Hall–Kier alpha value is -1.06. The van der Waals surface area contributed by atoms with E-state index in [0.29, 0.717) is 6.04 Å². The minimum Gasteiger partial charge on any atom is -0.394 e. The first-order valence-corrected chi connectivity index (χ1v) is 5.48. The van der Waals surface area contributed by atoms with E-state index in [1.54, 1.807) is 0 Å². The van der Waals surface area contributed by atoms with Gasteiger partial charge in [0.15, 0.2) is 0 Å². The molecule has 2 N–H and O–H groups in total. The average Bonchev–Trinajstić information content (AvgIpc) is 2.29. The van der Waals surface area contributed by atoms with Crippen LogP contribution < -0.4 is 10.2 Å². The van der Waals surface area contributed by atoms with Crippen molar-refractivity contribution in [1.82, 2.24) is 5.32 Å². The van der Waals surface area contributed by atoms with Crippen molar-refractivity contribution < 1.29 is 5.11 Å². The van der Waals surface area contributed by atoms with Crippen LogP contribution in [0.5, 0.6) is 0 Å². The molecule has 0 spiro atoms. The summed E-state index contributed by atoms with van der Waals surface area (Å²) in [6, 6.07) is 10.9. The molecule has 1 saturated heterocycles. The average molecular weight is 206 g/mol. The molecule has 0 aromatic heterocycles. The first-order valence-electron chi connectivity index (χ1n) is 5.48. The Morgan fingerprint density at radius 1 is 1.33 bits per heavy atom. The topological polar surface area (TPSA) is 35.5 Å². The fraction of sp³-hybridized carbons (Fsp3) is 0.500. The summed E-state index contributed by atoms with van der Waals surface area (Å²) in [6.07, 6.45) is 0. The van der Waals surface area contributed by atoms with Gasteiger partial charge in [-0.25, -0.2) is 0 Å². The number of hydrogen-bond donors (Lipinski definition) is 2. The fourth-order valence-corrected chi connectivity index (χ4v) is 2.23. The van der Waals surface area contributed by atoms with Crippen LogP contribution >= 0.6 is 0 Å². The first kappa shape index (κ1) is 10.5. The summed E-state index contributed by atoms with van der Waals surface area (Å²) in [6.45, 7) is 4.22. The minimum absolute atomic E-state index is 0.191. The molecule has 1 fully saturated rings. The van der Waals surface area contributed by atoms with Gasteiger partial charge in [0.05, 0.1) is 12.6 Å². The van der Waals surface area contributed by atoms with Crippen molar-refractivity contribution in [2.75, 3.05) is 24.6 Å². The lowest BCUT2D eigenvalue weighted by Crippen LogP contribution is -2.57. The van der Waals surface area contributed by atoms with E-state index in [4.69, 9.17) is 0 Å². The van der Waals surface area contributed by atoms with Gasteiger partial charge in [0, 0.05) is 24.8 Å². The van der Waals surface area contributed by atoms with E-state index in [1.165, 1.54) is 5.69 Å². The van der Waals surface area contributed by atoms with Crippen molar-refractivity contribution in [2.24, 2.45) is 0 Å². The predicted octanol–water partition coefficient (Wildman–Crippen LogP) is 0.846. The van der Waals surface area contributed by atoms with Crippen molar-refractivity contribution in [1.29, 1.82) is 0 Å². The summed E-state index contributed by atoms with van der Waals surface area (Å²) in [4.78, 5) is 2.30. The van der Waals surface area contributed by atoms with E-state index < -0.39 is 0 Å². The van der Waals surface area contributed by atoms with E-state index >= 15 is 0 Å². The Kier molecular flexibility index (Phi) is 3.23. The van der Waals surface area contributed by atoms with Crippen LogP contribution in [0.1, 0.15) is 6.92 Å². The number of nitrogens with zero attached hydrogens (tertiary/aromatic N) is 1. The molecule has 0 amide bonds. The van der Waals surface area contributed by atoms with Crippen LogP contribution in [0.15, 0.2) is 30.3 Å². The zero-order chi connectivity index (χ0) is 10.7. The van der Waals surface area contributed by atoms with Crippen molar-refractivity contribution in [3.63, 3.8) is 0 Å². The highest BCUT2D eigenvalue weighted by Gasteiger charge is 2.26. The molecule has 15 heavy (non-hydrogen) atoms. The van der Waals surface area contributed by atoms with Crippen molar-refractivity contribution in [3.05, 3.63) is 30.3 Å². The van der Waals surface area contributed by atoms with E-state index in [-0.39, 0.29) is 12.6 Å². The lowest BCUT2D eigenvalue weighted by molar-refractivity contribution is 0.235. The molecule has 82 valence electrons. The second kappa shape index (κ2) is 4.64. The highest BCUT2D eigenvalue weighted by atomic mass is 16.3. The van der Waals surface area contributed by atoms with Gasteiger partial charge in [-0.05, 0) is 19.1 Å². The lowest BCUT2D eigenvalue weighted by Gasteiger charge is -2.42. The molecule has 0 bridgehead atoms. The molecule has 1 aromatic rings. The summed E-state index contributed by atoms with van der Waals surface area (Å²) in [7, 11) is 0. The number of nitrogens with one attached hydrogen (secondary N) is 1. The van der Waals surface area contributed by atoms with Gasteiger partial charge >= 0.3 is 0 Å². The van der Waals surface area contributed by atoms with E-state index in [9.17, 15) is 5.11 Å². The summed E-state index contributed by atoms with van der Waals surface area (Å²) < 4.78 is 0. The van der Waals surface area contributed by atoms with Gasteiger partial charge in [0.2, 0.25) is 0 Å². The molecule has 0 radical (unpaired) electrons. The molecule has 2 unspecified atom stereocenters. The molecule has 3 nitrogen and oxygen atoms in total. The van der Waals surface area contributed by atoms with Crippen molar-refractivity contribution >= 4 is 5.69 Å². The molecule has 3 heteroatoms.